The molecule has 2 aromatic rings. The molecule has 0 unspecified atom stereocenters. The summed E-state index contributed by atoms with van der Waals surface area (Å²) in [4.78, 5) is 0. The highest BCUT2D eigenvalue weighted by Crippen LogP contribution is 2.56. The number of aromatic hydroxyl groups is 1. The summed E-state index contributed by atoms with van der Waals surface area (Å²) >= 11 is 0. The van der Waals surface area contributed by atoms with Gasteiger partial charge in [-0.05, 0) is 37.1 Å². The van der Waals surface area contributed by atoms with Crippen molar-refractivity contribution >= 4 is 0 Å². The molecule has 0 saturated heterocycles. The van der Waals surface area contributed by atoms with E-state index < -0.39 is 11.2 Å². The fourth-order valence-corrected chi connectivity index (χ4v) is 4.23. The number of hydrogen-bond acceptors (Lipinski definition) is 8. The quantitative estimate of drug-likeness (QED) is 0.660. The van der Waals surface area contributed by atoms with Crippen LogP contribution in [0.25, 0.3) is 11.1 Å². The van der Waals surface area contributed by atoms with Crippen molar-refractivity contribution < 1.29 is 39.0 Å². The highest BCUT2D eigenvalue weighted by Gasteiger charge is 2.46. The number of rotatable bonds is 5. The van der Waals surface area contributed by atoms with Crippen molar-refractivity contribution in [2.24, 2.45) is 0 Å². The molecule has 1 aliphatic rings. The molecule has 0 aliphatic heterocycles. The molecule has 0 spiro atoms. The van der Waals surface area contributed by atoms with Gasteiger partial charge in [0, 0.05) is 24.0 Å². The smallest absolute Gasteiger partial charge is 0.203 e. The summed E-state index contributed by atoms with van der Waals surface area (Å²) in [6.07, 6.45) is 0.137. The second-order valence-corrected chi connectivity index (χ2v) is 8.08. The van der Waals surface area contributed by atoms with Crippen LogP contribution in [0.3, 0.4) is 0 Å². The molecule has 3 N–H and O–H groups in total. The van der Waals surface area contributed by atoms with Gasteiger partial charge in [-0.25, -0.2) is 0 Å². The van der Waals surface area contributed by atoms with Crippen LogP contribution in [-0.2, 0) is 12.8 Å². The van der Waals surface area contributed by atoms with Gasteiger partial charge >= 0.3 is 0 Å². The van der Waals surface area contributed by atoms with Crippen molar-refractivity contribution in [3.05, 3.63) is 23.3 Å². The van der Waals surface area contributed by atoms with Gasteiger partial charge in [0.15, 0.2) is 23.0 Å². The molecule has 8 heteroatoms. The number of methoxy groups -OCH3 is 5. The van der Waals surface area contributed by atoms with Crippen LogP contribution in [0, 0.1) is 0 Å². The van der Waals surface area contributed by atoms with Crippen LogP contribution in [-0.4, -0.2) is 62.1 Å². The van der Waals surface area contributed by atoms with Crippen LogP contribution in [0.15, 0.2) is 12.1 Å². The molecule has 8 nitrogen and oxygen atoms in total. The van der Waals surface area contributed by atoms with Gasteiger partial charge in [0.25, 0.3) is 0 Å². The maximum atomic E-state index is 11.2. The van der Waals surface area contributed by atoms with Gasteiger partial charge in [-0.2, -0.15) is 0 Å². The van der Waals surface area contributed by atoms with Gasteiger partial charge in [0.2, 0.25) is 11.5 Å². The van der Waals surface area contributed by atoms with Crippen LogP contribution in [0.5, 0.6) is 34.5 Å². The van der Waals surface area contributed by atoms with E-state index in [0.717, 1.165) is 0 Å². The molecule has 3 rings (SSSR count). The fourth-order valence-electron chi connectivity index (χ4n) is 4.23. The number of fused-ring (bicyclic) bond motifs is 3. The van der Waals surface area contributed by atoms with Crippen LogP contribution in [0.4, 0.5) is 0 Å². The minimum absolute atomic E-state index is 0.0419. The second kappa shape index (κ2) is 8.01. The highest BCUT2D eigenvalue weighted by atomic mass is 16.5. The van der Waals surface area contributed by atoms with Crippen LogP contribution in [0.1, 0.15) is 25.0 Å². The zero-order valence-electron chi connectivity index (χ0n) is 19.0. The SMILES string of the molecule is COc1cc2c(c(OC)c1OC)-c1c(cc(O)c(OC)c1OC)C[C@@](C)(O)[C@@](C)(O)C2. The summed E-state index contributed by atoms with van der Waals surface area (Å²) < 4.78 is 27.9. The highest BCUT2D eigenvalue weighted by molar-refractivity contribution is 5.88. The minimum atomic E-state index is -1.52. The van der Waals surface area contributed by atoms with Gasteiger partial charge in [0.05, 0.1) is 46.8 Å². The van der Waals surface area contributed by atoms with E-state index in [-0.39, 0.29) is 30.1 Å². The summed E-state index contributed by atoms with van der Waals surface area (Å²) in [6, 6.07) is 3.25. The van der Waals surface area contributed by atoms with Crippen LogP contribution in [0.2, 0.25) is 0 Å². The van der Waals surface area contributed by atoms with Crippen molar-refractivity contribution in [2.75, 3.05) is 35.5 Å². The lowest BCUT2D eigenvalue weighted by Gasteiger charge is -2.42. The summed E-state index contributed by atoms with van der Waals surface area (Å²) in [5.74, 6) is 1.45. The first kappa shape index (κ1) is 22.8. The van der Waals surface area contributed by atoms with E-state index in [1.807, 2.05) is 0 Å². The first-order chi connectivity index (χ1) is 14.6. The maximum absolute atomic E-state index is 11.2. The molecule has 0 heterocycles. The molecule has 31 heavy (non-hydrogen) atoms. The van der Waals surface area contributed by atoms with Crippen molar-refractivity contribution in [1.29, 1.82) is 0 Å². The molecule has 0 aromatic heterocycles. The molecule has 0 radical (unpaired) electrons. The molecular formula is C23H30O8. The van der Waals surface area contributed by atoms with Crippen molar-refractivity contribution in [1.82, 2.24) is 0 Å². The maximum Gasteiger partial charge on any atom is 0.203 e. The average molecular weight is 434 g/mol. The van der Waals surface area contributed by atoms with E-state index in [1.54, 1.807) is 19.9 Å². The number of benzene rings is 2. The van der Waals surface area contributed by atoms with E-state index in [1.165, 1.54) is 41.6 Å². The van der Waals surface area contributed by atoms with Gasteiger partial charge in [0.1, 0.15) is 0 Å². The van der Waals surface area contributed by atoms with Gasteiger partial charge in [-0.3, -0.25) is 0 Å². The van der Waals surface area contributed by atoms with Gasteiger partial charge in [-0.15, -0.1) is 0 Å². The zero-order chi connectivity index (χ0) is 23.1. The number of ether oxygens (including phenoxy) is 5. The van der Waals surface area contributed by atoms with Crippen molar-refractivity contribution in [2.45, 2.75) is 37.9 Å². The Balaban J connectivity index is 2.57. The van der Waals surface area contributed by atoms with Gasteiger partial charge in [-0.1, -0.05) is 0 Å². The molecule has 0 bridgehead atoms. The Hall–Kier alpha value is -2.84. The third-order valence-electron chi connectivity index (χ3n) is 6.10. The normalized spacial score (nSPS) is 22.5. The summed E-state index contributed by atoms with van der Waals surface area (Å²) in [6.45, 7) is 3.14. The molecule has 0 amide bonds. The third-order valence-corrected chi connectivity index (χ3v) is 6.10. The molecule has 0 saturated carbocycles. The molecule has 170 valence electrons. The first-order valence-electron chi connectivity index (χ1n) is 9.80. The molecule has 0 fully saturated rings. The van der Waals surface area contributed by atoms with E-state index in [9.17, 15) is 15.3 Å². The Kier molecular flexibility index (Phi) is 5.90. The lowest BCUT2D eigenvalue weighted by atomic mass is 9.72. The number of hydrogen-bond donors (Lipinski definition) is 3. The predicted octanol–water partition coefficient (Wildman–Crippen LogP) is 2.70. The fraction of sp³-hybridized carbons (Fsp3) is 0.478. The van der Waals surface area contributed by atoms with E-state index >= 15 is 0 Å². The van der Waals surface area contributed by atoms with E-state index in [0.29, 0.717) is 39.5 Å². The summed E-state index contributed by atoms with van der Waals surface area (Å²) in [5, 5.41) is 33.0. The Morgan fingerprint density at radius 2 is 1.06 bits per heavy atom. The first-order valence-corrected chi connectivity index (χ1v) is 9.80. The van der Waals surface area contributed by atoms with E-state index in [2.05, 4.69) is 0 Å². The largest absolute Gasteiger partial charge is 0.504 e. The van der Waals surface area contributed by atoms with Crippen molar-refractivity contribution in [3.8, 4) is 45.6 Å². The third kappa shape index (κ3) is 3.49. The summed E-state index contributed by atoms with van der Waals surface area (Å²) in [7, 11) is 7.43. The Labute approximate surface area is 181 Å². The Morgan fingerprint density at radius 1 is 0.645 bits per heavy atom. The minimum Gasteiger partial charge on any atom is -0.504 e. The number of phenolic OH excluding ortho intramolecular Hbond substituents is 1. The lowest BCUT2D eigenvalue weighted by Crippen LogP contribution is -2.53. The molecular weight excluding hydrogens is 404 g/mol. The number of aliphatic hydroxyl groups is 2. The van der Waals surface area contributed by atoms with Crippen LogP contribution < -0.4 is 23.7 Å². The average Bonchev–Trinajstić information content (AvgIpc) is 2.71. The molecule has 1 aliphatic carbocycles. The van der Waals surface area contributed by atoms with E-state index in [4.69, 9.17) is 23.7 Å². The standard InChI is InChI=1S/C23H30O8/c1-22(25)10-12-8-14(24)18(28-4)20(30-6)16(12)17-13(11-23(22,2)26)9-15(27-3)19(29-5)21(17)31-7/h8-9,24-26H,10-11H2,1-7H3/t22-,23+/m1/s1. The monoisotopic (exact) mass is 434 g/mol. The predicted molar refractivity (Wildman–Crippen MR) is 115 cm³/mol. The summed E-state index contributed by atoms with van der Waals surface area (Å²) in [5.41, 5.74) is -0.668. The second-order valence-electron chi connectivity index (χ2n) is 8.08. The topological polar surface area (TPSA) is 107 Å². The molecule has 2 aromatic carbocycles. The van der Waals surface area contributed by atoms with Gasteiger partial charge < -0.3 is 39.0 Å². The Bertz CT molecular complexity index is 994. The molecule has 2 atom stereocenters. The number of phenols is 1. The zero-order valence-corrected chi connectivity index (χ0v) is 19.0. The van der Waals surface area contributed by atoms with Crippen LogP contribution >= 0.6 is 0 Å². The lowest BCUT2D eigenvalue weighted by molar-refractivity contribution is -0.129. The van der Waals surface area contributed by atoms with Crippen molar-refractivity contribution in [3.63, 3.8) is 0 Å². The Morgan fingerprint density at radius 3 is 1.48 bits per heavy atom.